The molecule has 0 unspecified atom stereocenters. The lowest BCUT2D eigenvalue weighted by Crippen LogP contribution is -2.36. The molecule has 0 saturated heterocycles. The largest absolute Gasteiger partial charge is 0.486 e. The third-order valence-electron chi connectivity index (χ3n) is 4.84. The maximum absolute atomic E-state index is 13.0. The molecular weight excluding hydrogens is 412 g/mol. The van der Waals surface area contributed by atoms with E-state index < -0.39 is 14.9 Å². The van der Waals surface area contributed by atoms with Crippen LogP contribution in [0.5, 0.6) is 5.75 Å². The molecule has 4 rings (SSSR count). The van der Waals surface area contributed by atoms with Crippen LogP contribution in [0.15, 0.2) is 47.8 Å². The number of aromatic nitrogens is 4. The molecule has 0 radical (unpaired) electrons. The molecular formula is C18H18N6O5S. The van der Waals surface area contributed by atoms with Crippen molar-refractivity contribution in [2.24, 2.45) is 7.05 Å². The zero-order valence-corrected chi connectivity index (χ0v) is 16.8. The van der Waals surface area contributed by atoms with Gasteiger partial charge >= 0.3 is 0 Å². The van der Waals surface area contributed by atoms with Gasteiger partial charge < -0.3 is 4.74 Å². The highest BCUT2D eigenvalue weighted by Crippen LogP contribution is 2.27. The van der Waals surface area contributed by atoms with E-state index in [1.807, 2.05) is 0 Å². The van der Waals surface area contributed by atoms with Crippen molar-refractivity contribution >= 4 is 15.7 Å². The summed E-state index contributed by atoms with van der Waals surface area (Å²) in [6, 6.07) is 7.49. The number of fused-ring (bicyclic) bond motifs is 1. The van der Waals surface area contributed by atoms with Crippen LogP contribution in [0.25, 0.3) is 0 Å². The molecule has 30 heavy (non-hydrogen) atoms. The smallest absolute Gasteiger partial charge is 0.287 e. The number of sulfonamides is 1. The van der Waals surface area contributed by atoms with Crippen molar-refractivity contribution in [2.45, 2.75) is 24.5 Å². The number of rotatable bonds is 6. The Labute approximate surface area is 172 Å². The monoisotopic (exact) mass is 430 g/mol. The third kappa shape index (κ3) is 3.86. The first kappa shape index (κ1) is 19.9. The molecule has 0 spiro atoms. The van der Waals surface area contributed by atoms with E-state index in [2.05, 4.69) is 15.1 Å². The van der Waals surface area contributed by atoms with Gasteiger partial charge in [-0.15, -0.1) is 0 Å². The SMILES string of the molecule is Cn1ncnc1COc1ccc(S(=O)(=O)N2CCc3ncc([N+](=O)[O-])cc3C2)cc1. The Morgan fingerprint density at radius 2 is 2.00 bits per heavy atom. The molecule has 1 aliphatic heterocycles. The van der Waals surface area contributed by atoms with Gasteiger partial charge in [-0.3, -0.25) is 19.8 Å². The third-order valence-corrected chi connectivity index (χ3v) is 6.69. The van der Waals surface area contributed by atoms with Gasteiger partial charge in [0.15, 0.2) is 5.82 Å². The molecule has 3 aromatic rings. The van der Waals surface area contributed by atoms with Crippen LogP contribution in [0.3, 0.4) is 0 Å². The van der Waals surface area contributed by atoms with Crippen molar-refractivity contribution in [1.29, 1.82) is 0 Å². The average molecular weight is 430 g/mol. The topological polar surface area (TPSA) is 133 Å². The van der Waals surface area contributed by atoms with Crippen LogP contribution in [0.2, 0.25) is 0 Å². The van der Waals surface area contributed by atoms with Crippen molar-refractivity contribution < 1.29 is 18.1 Å². The summed E-state index contributed by atoms with van der Waals surface area (Å²) >= 11 is 0. The molecule has 1 aromatic carbocycles. The quantitative estimate of drug-likeness (QED) is 0.424. The van der Waals surface area contributed by atoms with Gasteiger partial charge in [0.25, 0.3) is 5.69 Å². The van der Waals surface area contributed by atoms with Crippen LogP contribution >= 0.6 is 0 Å². The minimum Gasteiger partial charge on any atom is -0.486 e. The summed E-state index contributed by atoms with van der Waals surface area (Å²) < 4.78 is 34.6. The molecule has 2 aromatic heterocycles. The Balaban J connectivity index is 1.49. The summed E-state index contributed by atoms with van der Waals surface area (Å²) in [6.07, 6.45) is 3.02. The van der Waals surface area contributed by atoms with E-state index in [-0.39, 0.29) is 30.3 Å². The van der Waals surface area contributed by atoms with E-state index in [0.717, 1.165) is 0 Å². The van der Waals surface area contributed by atoms with Gasteiger partial charge in [0.05, 0.1) is 9.82 Å². The van der Waals surface area contributed by atoms with Crippen LogP contribution in [0.4, 0.5) is 5.69 Å². The molecule has 0 N–H and O–H groups in total. The molecule has 3 heterocycles. The normalized spacial score (nSPS) is 14.3. The molecule has 1 aliphatic rings. The second kappa shape index (κ2) is 7.80. The maximum Gasteiger partial charge on any atom is 0.287 e. The zero-order valence-electron chi connectivity index (χ0n) is 16.0. The average Bonchev–Trinajstić information content (AvgIpc) is 3.16. The summed E-state index contributed by atoms with van der Waals surface area (Å²) in [5.41, 5.74) is 1.07. The Morgan fingerprint density at radius 1 is 1.23 bits per heavy atom. The predicted molar refractivity (Wildman–Crippen MR) is 104 cm³/mol. The van der Waals surface area contributed by atoms with Crippen LogP contribution < -0.4 is 4.74 Å². The number of hydrogen-bond acceptors (Lipinski definition) is 8. The minimum absolute atomic E-state index is 0.0384. The molecule has 0 atom stereocenters. The van der Waals surface area contributed by atoms with Crippen LogP contribution in [-0.4, -0.2) is 43.9 Å². The van der Waals surface area contributed by atoms with Gasteiger partial charge in [0.1, 0.15) is 24.9 Å². The molecule has 0 aliphatic carbocycles. The highest BCUT2D eigenvalue weighted by Gasteiger charge is 2.30. The standard InChI is InChI=1S/C18H18N6O5S/c1-22-18(20-12-21-22)11-29-15-2-4-16(5-3-15)30(27,28)23-7-6-17-13(10-23)8-14(9-19-17)24(25)26/h2-5,8-9,12H,6-7,10-11H2,1H3. The van der Waals surface area contributed by atoms with E-state index in [1.165, 1.54) is 35.0 Å². The first-order valence-corrected chi connectivity index (χ1v) is 10.5. The molecule has 0 amide bonds. The fourth-order valence-corrected chi connectivity index (χ4v) is 4.57. The first-order chi connectivity index (χ1) is 14.3. The summed E-state index contributed by atoms with van der Waals surface area (Å²) in [6.45, 7) is 0.499. The number of aryl methyl sites for hydroxylation is 1. The van der Waals surface area contributed by atoms with Crippen molar-refractivity contribution in [2.75, 3.05) is 6.54 Å². The number of nitrogens with zero attached hydrogens (tertiary/aromatic N) is 6. The lowest BCUT2D eigenvalue weighted by Gasteiger charge is -2.27. The van der Waals surface area contributed by atoms with E-state index >= 15 is 0 Å². The minimum atomic E-state index is -3.77. The lowest BCUT2D eigenvalue weighted by atomic mass is 10.1. The van der Waals surface area contributed by atoms with Crippen molar-refractivity contribution in [3.63, 3.8) is 0 Å². The highest BCUT2D eigenvalue weighted by atomic mass is 32.2. The Bertz CT molecular complexity index is 1190. The summed E-state index contributed by atoms with van der Waals surface area (Å²) in [5, 5.41) is 14.9. The summed E-state index contributed by atoms with van der Waals surface area (Å²) in [5.74, 6) is 1.14. The number of hydrogen-bond donors (Lipinski definition) is 0. The number of nitro groups is 1. The van der Waals surface area contributed by atoms with Crippen molar-refractivity contribution in [3.8, 4) is 5.75 Å². The number of ether oxygens (including phenoxy) is 1. The Hall–Kier alpha value is -3.38. The lowest BCUT2D eigenvalue weighted by molar-refractivity contribution is -0.385. The Morgan fingerprint density at radius 3 is 2.67 bits per heavy atom. The summed E-state index contributed by atoms with van der Waals surface area (Å²) in [7, 11) is -2.01. The van der Waals surface area contributed by atoms with Crippen LogP contribution in [0, 0.1) is 10.1 Å². The Kier molecular flexibility index (Phi) is 5.18. The molecule has 12 heteroatoms. The van der Waals surface area contributed by atoms with Crippen LogP contribution in [0.1, 0.15) is 17.1 Å². The fourth-order valence-electron chi connectivity index (χ4n) is 3.15. The molecule has 0 saturated carbocycles. The van der Waals surface area contributed by atoms with Crippen molar-refractivity contribution in [1.82, 2.24) is 24.1 Å². The number of pyridine rings is 1. The van der Waals surface area contributed by atoms with E-state index in [0.29, 0.717) is 29.3 Å². The fraction of sp³-hybridized carbons (Fsp3) is 0.278. The van der Waals surface area contributed by atoms with Gasteiger partial charge in [-0.2, -0.15) is 9.40 Å². The van der Waals surface area contributed by atoms with E-state index in [9.17, 15) is 18.5 Å². The second-order valence-corrected chi connectivity index (χ2v) is 8.64. The zero-order chi connectivity index (χ0) is 21.3. The van der Waals surface area contributed by atoms with Gasteiger partial charge in [0, 0.05) is 38.3 Å². The van der Waals surface area contributed by atoms with Crippen LogP contribution in [-0.2, 0) is 36.6 Å². The number of benzene rings is 1. The summed E-state index contributed by atoms with van der Waals surface area (Å²) in [4.78, 5) is 18.7. The highest BCUT2D eigenvalue weighted by molar-refractivity contribution is 7.89. The molecule has 0 fully saturated rings. The maximum atomic E-state index is 13.0. The van der Waals surface area contributed by atoms with Gasteiger partial charge in [-0.05, 0) is 29.8 Å². The van der Waals surface area contributed by atoms with E-state index in [1.54, 1.807) is 23.9 Å². The van der Waals surface area contributed by atoms with Gasteiger partial charge in [-0.1, -0.05) is 0 Å². The second-order valence-electron chi connectivity index (χ2n) is 6.70. The molecule has 11 nitrogen and oxygen atoms in total. The molecule has 156 valence electrons. The van der Waals surface area contributed by atoms with Gasteiger partial charge in [-0.25, -0.2) is 13.4 Å². The molecule has 0 bridgehead atoms. The predicted octanol–water partition coefficient (Wildman–Crippen LogP) is 1.44. The van der Waals surface area contributed by atoms with Crippen molar-refractivity contribution in [3.05, 3.63) is 70.1 Å². The first-order valence-electron chi connectivity index (χ1n) is 9.02. The van der Waals surface area contributed by atoms with Gasteiger partial charge in [0.2, 0.25) is 10.0 Å². The van der Waals surface area contributed by atoms with E-state index in [4.69, 9.17) is 4.74 Å².